The minimum atomic E-state index is -4.99. The summed E-state index contributed by atoms with van der Waals surface area (Å²) in [5.41, 5.74) is -0.685. The third-order valence-corrected chi connectivity index (χ3v) is 1.93. The van der Waals surface area contributed by atoms with Gasteiger partial charge in [-0.1, -0.05) is 6.07 Å². The molecule has 0 unspecified atom stereocenters. The fraction of sp³-hybridized carbons (Fsp3) is 0.444. The van der Waals surface area contributed by atoms with Crippen molar-refractivity contribution in [2.75, 3.05) is 27.2 Å². The number of nitrogens with zero attached hydrogens (tertiary/aromatic N) is 2. The zero-order valence-corrected chi connectivity index (χ0v) is 9.16. The van der Waals surface area contributed by atoms with Gasteiger partial charge in [-0.25, -0.2) is 4.98 Å². The van der Waals surface area contributed by atoms with E-state index in [1.807, 2.05) is 19.0 Å². The molecule has 0 spiro atoms. The standard InChI is InChI=1S/C9H13BF3N2O/c1-15(2)5-6-16-9-7-8(3-4-14-9)10(11,12)13/h3-4,7H,5-6H2,1-2H3/q-1. The molecule has 1 aromatic heterocycles. The van der Waals surface area contributed by atoms with Gasteiger partial charge in [-0.05, 0) is 20.2 Å². The summed E-state index contributed by atoms with van der Waals surface area (Å²) in [6.45, 7) is -4.05. The summed E-state index contributed by atoms with van der Waals surface area (Å²) in [6, 6.07) is 1.87. The Hall–Kier alpha value is -1.24. The van der Waals surface area contributed by atoms with Crippen LogP contribution in [0.25, 0.3) is 0 Å². The van der Waals surface area contributed by atoms with E-state index < -0.39 is 12.4 Å². The van der Waals surface area contributed by atoms with Crippen LogP contribution in [-0.4, -0.2) is 44.1 Å². The number of rotatable bonds is 5. The normalized spacial score (nSPS) is 11.9. The van der Waals surface area contributed by atoms with Gasteiger partial charge < -0.3 is 22.6 Å². The number of hydrogen-bond donors (Lipinski definition) is 0. The van der Waals surface area contributed by atoms with Crippen LogP contribution < -0.4 is 10.2 Å². The van der Waals surface area contributed by atoms with Gasteiger partial charge in [-0.15, -0.1) is 5.46 Å². The lowest BCUT2D eigenvalue weighted by Gasteiger charge is -2.16. The molecule has 0 atom stereocenters. The topological polar surface area (TPSA) is 25.4 Å². The molecule has 1 rings (SSSR count). The average Bonchev–Trinajstić information content (AvgIpc) is 2.16. The fourth-order valence-corrected chi connectivity index (χ4v) is 1.04. The largest absolute Gasteiger partial charge is 0.509 e. The molecule has 16 heavy (non-hydrogen) atoms. The summed E-state index contributed by atoms with van der Waals surface area (Å²) in [7, 11) is 3.71. The van der Waals surface area contributed by atoms with Gasteiger partial charge in [0.15, 0.2) is 0 Å². The predicted molar refractivity (Wildman–Crippen MR) is 57.0 cm³/mol. The van der Waals surface area contributed by atoms with Gasteiger partial charge >= 0.3 is 6.98 Å². The summed E-state index contributed by atoms with van der Waals surface area (Å²) in [6.07, 6.45) is 1.11. The Morgan fingerprint density at radius 3 is 2.62 bits per heavy atom. The molecular weight excluding hydrogens is 220 g/mol. The Bertz CT molecular complexity index is 344. The van der Waals surface area contributed by atoms with Crippen LogP contribution in [0, 0.1) is 0 Å². The van der Waals surface area contributed by atoms with E-state index in [4.69, 9.17) is 4.74 Å². The number of likely N-dealkylation sites (N-methyl/N-ethyl adjacent to an activating group) is 1. The first kappa shape index (κ1) is 12.8. The van der Waals surface area contributed by atoms with Gasteiger partial charge in [0.25, 0.3) is 0 Å². The van der Waals surface area contributed by atoms with E-state index in [1.165, 1.54) is 0 Å². The van der Waals surface area contributed by atoms with Crippen molar-refractivity contribution < 1.29 is 17.7 Å². The Balaban J connectivity index is 2.61. The first-order chi connectivity index (χ1) is 7.39. The van der Waals surface area contributed by atoms with Crippen molar-refractivity contribution >= 4 is 12.4 Å². The number of aromatic nitrogens is 1. The van der Waals surface area contributed by atoms with E-state index >= 15 is 0 Å². The van der Waals surface area contributed by atoms with Crippen molar-refractivity contribution in [3.05, 3.63) is 18.3 Å². The van der Waals surface area contributed by atoms with Crippen molar-refractivity contribution in [1.29, 1.82) is 0 Å². The molecule has 0 amide bonds. The van der Waals surface area contributed by atoms with Crippen molar-refractivity contribution in [3.63, 3.8) is 0 Å². The molecule has 1 heterocycles. The molecular formula is C9H13BF3N2O-. The highest BCUT2D eigenvalue weighted by atomic mass is 19.4. The predicted octanol–water partition coefficient (Wildman–Crippen LogP) is 1.08. The maximum atomic E-state index is 12.4. The van der Waals surface area contributed by atoms with Gasteiger partial charge in [0.05, 0.1) is 0 Å². The first-order valence-electron chi connectivity index (χ1n) is 4.83. The Kier molecular flexibility index (Phi) is 4.17. The number of halogens is 3. The Morgan fingerprint density at radius 2 is 2.06 bits per heavy atom. The lowest BCUT2D eigenvalue weighted by atomic mass is 9.81. The zero-order valence-electron chi connectivity index (χ0n) is 9.16. The summed E-state index contributed by atoms with van der Waals surface area (Å²) < 4.78 is 42.3. The minimum absolute atomic E-state index is 0.0125. The van der Waals surface area contributed by atoms with Crippen LogP contribution in [0.2, 0.25) is 0 Å². The SMILES string of the molecule is CN(C)CCOc1cc([B-](F)(F)F)ccn1. The van der Waals surface area contributed by atoms with Gasteiger partial charge in [-0.3, -0.25) is 0 Å². The van der Waals surface area contributed by atoms with Crippen LogP contribution in [0.15, 0.2) is 18.3 Å². The van der Waals surface area contributed by atoms with Crippen LogP contribution in [0.4, 0.5) is 12.9 Å². The van der Waals surface area contributed by atoms with E-state index in [2.05, 4.69) is 4.98 Å². The Morgan fingerprint density at radius 1 is 1.38 bits per heavy atom. The van der Waals surface area contributed by atoms with Crippen LogP contribution in [0.5, 0.6) is 5.88 Å². The zero-order chi connectivity index (χ0) is 12.2. The molecule has 1 aromatic rings. The van der Waals surface area contributed by atoms with Crippen LogP contribution in [-0.2, 0) is 0 Å². The van der Waals surface area contributed by atoms with Crippen LogP contribution in [0.3, 0.4) is 0 Å². The molecule has 0 aromatic carbocycles. The molecule has 0 aliphatic heterocycles. The number of ether oxygens (including phenoxy) is 1. The van der Waals surface area contributed by atoms with E-state index in [-0.39, 0.29) is 5.88 Å². The van der Waals surface area contributed by atoms with Crippen molar-refractivity contribution in [1.82, 2.24) is 9.88 Å². The molecule has 3 nitrogen and oxygen atoms in total. The maximum Gasteiger partial charge on any atom is 0.509 e. The molecule has 0 N–H and O–H groups in total. The Labute approximate surface area is 92.3 Å². The highest BCUT2D eigenvalue weighted by Gasteiger charge is 2.25. The smallest absolute Gasteiger partial charge is 0.476 e. The quantitative estimate of drug-likeness (QED) is 0.711. The lowest BCUT2D eigenvalue weighted by Crippen LogP contribution is -2.34. The highest BCUT2D eigenvalue weighted by molar-refractivity contribution is 6.73. The summed E-state index contributed by atoms with van der Waals surface area (Å²) in [4.78, 5) is 5.59. The molecule has 0 aliphatic rings. The average molecular weight is 233 g/mol. The fourth-order valence-electron chi connectivity index (χ4n) is 1.04. The van der Waals surface area contributed by atoms with Gasteiger partial charge in [-0.2, -0.15) is 0 Å². The van der Waals surface area contributed by atoms with E-state index in [1.54, 1.807) is 0 Å². The molecule has 90 valence electrons. The van der Waals surface area contributed by atoms with Gasteiger partial charge in [0.1, 0.15) is 6.61 Å². The summed E-state index contributed by atoms with van der Waals surface area (Å²) in [5, 5.41) is 0. The summed E-state index contributed by atoms with van der Waals surface area (Å²) in [5.74, 6) is 0.0125. The monoisotopic (exact) mass is 233 g/mol. The van der Waals surface area contributed by atoms with Crippen molar-refractivity contribution in [2.24, 2.45) is 0 Å². The van der Waals surface area contributed by atoms with Gasteiger partial charge in [0, 0.05) is 12.7 Å². The van der Waals surface area contributed by atoms with Crippen LogP contribution >= 0.6 is 0 Å². The third-order valence-electron chi connectivity index (χ3n) is 1.93. The second-order valence-electron chi connectivity index (χ2n) is 3.65. The maximum absolute atomic E-state index is 12.4. The molecule has 0 bridgehead atoms. The van der Waals surface area contributed by atoms with Crippen molar-refractivity contribution in [2.45, 2.75) is 0 Å². The lowest BCUT2D eigenvalue weighted by molar-refractivity contribution is 0.254. The molecule has 0 aliphatic carbocycles. The third kappa shape index (κ3) is 4.10. The van der Waals surface area contributed by atoms with Crippen LogP contribution in [0.1, 0.15) is 0 Å². The number of pyridine rings is 1. The van der Waals surface area contributed by atoms with E-state index in [9.17, 15) is 12.9 Å². The first-order valence-corrected chi connectivity index (χ1v) is 4.83. The molecule has 0 radical (unpaired) electrons. The van der Waals surface area contributed by atoms with Crippen molar-refractivity contribution in [3.8, 4) is 5.88 Å². The molecule has 0 fully saturated rings. The molecule has 0 saturated heterocycles. The van der Waals surface area contributed by atoms with Gasteiger partial charge in [0.2, 0.25) is 5.88 Å². The van der Waals surface area contributed by atoms with E-state index in [0.717, 1.165) is 18.3 Å². The minimum Gasteiger partial charge on any atom is -0.476 e. The van der Waals surface area contributed by atoms with E-state index in [0.29, 0.717) is 13.2 Å². The number of hydrogen-bond acceptors (Lipinski definition) is 3. The second-order valence-corrected chi connectivity index (χ2v) is 3.65. The highest BCUT2D eigenvalue weighted by Crippen LogP contribution is 2.11. The molecule has 7 heteroatoms. The second kappa shape index (κ2) is 5.20. The summed E-state index contributed by atoms with van der Waals surface area (Å²) >= 11 is 0. The molecule has 0 saturated carbocycles.